The summed E-state index contributed by atoms with van der Waals surface area (Å²) in [5, 5.41) is 3.90. The zero-order chi connectivity index (χ0) is 20.1. The quantitative estimate of drug-likeness (QED) is 0.662. The van der Waals surface area contributed by atoms with E-state index in [1.165, 1.54) is 0 Å². The van der Waals surface area contributed by atoms with Gasteiger partial charge in [0.25, 0.3) is 5.56 Å². The van der Waals surface area contributed by atoms with Crippen LogP contribution in [0.5, 0.6) is 5.75 Å². The van der Waals surface area contributed by atoms with Crippen molar-refractivity contribution in [3.8, 4) is 5.75 Å². The molecule has 0 aliphatic carbocycles. The van der Waals surface area contributed by atoms with E-state index < -0.39 is 0 Å². The molecule has 0 saturated carbocycles. The van der Waals surface area contributed by atoms with Crippen molar-refractivity contribution >= 4 is 16.8 Å². The van der Waals surface area contributed by atoms with E-state index in [0.717, 1.165) is 33.3 Å². The first kappa shape index (κ1) is 19.7. The number of aromatic nitrogens is 1. The van der Waals surface area contributed by atoms with Crippen LogP contribution in [0.3, 0.4) is 0 Å². The smallest absolute Gasteiger partial charge is 0.251 e. The molecule has 0 spiro atoms. The van der Waals surface area contributed by atoms with Gasteiger partial charge in [0.2, 0.25) is 5.91 Å². The van der Waals surface area contributed by atoms with E-state index in [0.29, 0.717) is 31.6 Å². The van der Waals surface area contributed by atoms with Crippen LogP contribution in [0.1, 0.15) is 29.2 Å². The summed E-state index contributed by atoms with van der Waals surface area (Å²) in [6, 6.07) is 13.5. The van der Waals surface area contributed by atoms with Crippen LogP contribution < -0.4 is 15.6 Å². The lowest BCUT2D eigenvalue weighted by atomic mass is 10.0. The first-order valence-electron chi connectivity index (χ1n) is 9.58. The fraction of sp³-hybridized carbons (Fsp3) is 0.304. The van der Waals surface area contributed by atoms with E-state index in [4.69, 9.17) is 4.74 Å². The monoisotopic (exact) mass is 378 g/mol. The molecule has 0 aliphatic rings. The molecule has 0 atom stereocenters. The molecule has 0 bridgehead atoms. The molecule has 1 amide bonds. The molecule has 0 radical (unpaired) electrons. The van der Waals surface area contributed by atoms with E-state index in [1.54, 1.807) is 0 Å². The summed E-state index contributed by atoms with van der Waals surface area (Å²) in [6.07, 6.45) is 0.798. The minimum Gasteiger partial charge on any atom is -0.494 e. The third-order valence-electron chi connectivity index (χ3n) is 4.94. The highest BCUT2D eigenvalue weighted by atomic mass is 16.5. The van der Waals surface area contributed by atoms with Gasteiger partial charge < -0.3 is 15.0 Å². The first-order valence-corrected chi connectivity index (χ1v) is 9.58. The Morgan fingerprint density at radius 3 is 2.57 bits per heavy atom. The van der Waals surface area contributed by atoms with E-state index in [1.807, 2.05) is 57.2 Å². The summed E-state index contributed by atoms with van der Waals surface area (Å²) >= 11 is 0. The molecule has 28 heavy (non-hydrogen) atoms. The average Bonchev–Trinajstić information content (AvgIpc) is 2.68. The van der Waals surface area contributed by atoms with Gasteiger partial charge in [0, 0.05) is 12.1 Å². The number of H-pyrrole nitrogens is 1. The molecular weight excluding hydrogens is 352 g/mol. The minimum absolute atomic E-state index is 0.0622. The number of amides is 1. The van der Waals surface area contributed by atoms with Crippen molar-refractivity contribution < 1.29 is 9.53 Å². The third kappa shape index (κ3) is 4.60. The molecule has 5 heteroatoms. The molecule has 0 fully saturated rings. The fourth-order valence-electron chi connectivity index (χ4n) is 3.21. The van der Waals surface area contributed by atoms with Crippen LogP contribution in [0.15, 0.2) is 47.3 Å². The second-order valence-corrected chi connectivity index (χ2v) is 6.95. The van der Waals surface area contributed by atoms with Gasteiger partial charge in [-0.15, -0.1) is 0 Å². The molecule has 0 saturated heterocycles. The van der Waals surface area contributed by atoms with Crippen LogP contribution in [-0.2, 0) is 17.6 Å². The normalized spacial score (nSPS) is 10.8. The van der Waals surface area contributed by atoms with Gasteiger partial charge in [-0.3, -0.25) is 9.59 Å². The van der Waals surface area contributed by atoms with E-state index in [2.05, 4.69) is 16.4 Å². The Kier molecular flexibility index (Phi) is 6.14. The Labute approximate surface area is 164 Å². The largest absolute Gasteiger partial charge is 0.494 e. The van der Waals surface area contributed by atoms with E-state index in [9.17, 15) is 9.59 Å². The highest BCUT2D eigenvalue weighted by Gasteiger charge is 2.08. The maximum atomic E-state index is 12.4. The lowest BCUT2D eigenvalue weighted by Gasteiger charge is -2.09. The van der Waals surface area contributed by atoms with Crippen molar-refractivity contribution in [3.05, 3.63) is 75.1 Å². The SMILES string of the molecule is CCOc1ccc(CC(=O)NCCc2cc3ccc(C)c(C)c3[nH]c2=O)cc1. The van der Waals surface area contributed by atoms with Crippen LogP contribution >= 0.6 is 0 Å². The summed E-state index contributed by atoms with van der Waals surface area (Å²) < 4.78 is 5.40. The van der Waals surface area contributed by atoms with Gasteiger partial charge in [-0.1, -0.05) is 24.3 Å². The van der Waals surface area contributed by atoms with Gasteiger partial charge in [-0.2, -0.15) is 0 Å². The number of carbonyl (C=O) groups is 1. The van der Waals surface area contributed by atoms with Crippen molar-refractivity contribution in [3.63, 3.8) is 0 Å². The van der Waals surface area contributed by atoms with E-state index in [-0.39, 0.29) is 11.5 Å². The van der Waals surface area contributed by atoms with Gasteiger partial charge in [0.15, 0.2) is 0 Å². The van der Waals surface area contributed by atoms with Gasteiger partial charge in [-0.25, -0.2) is 0 Å². The van der Waals surface area contributed by atoms with Crippen molar-refractivity contribution in [1.29, 1.82) is 0 Å². The van der Waals surface area contributed by atoms with Crippen LogP contribution in [-0.4, -0.2) is 24.0 Å². The Bertz CT molecular complexity index is 1040. The average molecular weight is 378 g/mol. The van der Waals surface area contributed by atoms with Crippen LogP contribution in [0, 0.1) is 13.8 Å². The summed E-state index contributed by atoms with van der Waals surface area (Å²) in [4.78, 5) is 27.5. The van der Waals surface area contributed by atoms with Crippen LogP contribution in [0.25, 0.3) is 10.9 Å². The molecule has 0 unspecified atom stereocenters. The molecule has 146 valence electrons. The minimum atomic E-state index is -0.0954. The van der Waals surface area contributed by atoms with Crippen molar-refractivity contribution in [2.75, 3.05) is 13.2 Å². The maximum absolute atomic E-state index is 12.4. The molecule has 2 aromatic carbocycles. The number of hydrogen-bond donors (Lipinski definition) is 2. The highest BCUT2D eigenvalue weighted by Crippen LogP contribution is 2.19. The van der Waals surface area contributed by atoms with Crippen LogP contribution in [0.4, 0.5) is 0 Å². The summed E-state index contributed by atoms with van der Waals surface area (Å²) in [5.74, 6) is 0.737. The predicted octanol–water partition coefficient (Wildman–Crippen LogP) is 3.45. The summed E-state index contributed by atoms with van der Waals surface area (Å²) in [5.41, 5.74) is 4.63. The molecule has 2 N–H and O–H groups in total. The molecule has 1 aromatic heterocycles. The van der Waals surface area contributed by atoms with E-state index >= 15 is 0 Å². The number of nitrogens with one attached hydrogen (secondary N) is 2. The second kappa shape index (κ2) is 8.74. The predicted molar refractivity (Wildman–Crippen MR) is 112 cm³/mol. The molecule has 3 rings (SSSR count). The zero-order valence-corrected chi connectivity index (χ0v) is 16.6. The van der Waals surface area contributed by atoms with Gasteiger partial charge in [0.05, 0.1) is 18.5 Å². The number of benzene rings is 2. The Morgan fingerprint density at radius 1 is 1.11 bits per heavy atom. The number of rotatable bonds is 7. The number of carbonyl (C=O) groups excluding carboxylic acids is 1. The molecule has 0 aliphatic heterocycles. The fourth-order valence-corrected chi connectivity index (χ4v) is 3.21. The van der Waals surface area contributed by atoms with Crippen molar-refractivity contribution in [2.24, 2.45) is 0 Å². The maximum Gasteiger partial charge on any atom is 0.251 e. The second-order valence-electron chi connectivity index (χ2n) is 6.95. The lowest BCUT2D eigenvalue weighted by Crippen LogP contribution is -2.28. The lowest BCUT2D eigenvalue weighted by molar-refractivity contribution is -0.120. The number of hydrogen-bond acceptors (Lipinski definition) is 3. The number of aromatic amines is 1. The molecule has 3 aromatic rings. The molecule has 1 heterocycles. The standard InChI is InChI=1S/C23H26N2O3/c1-4-28-20-9-6-17(7-10-20)13-21(26)24-12-11-19-14-18-8-5-15(2)16(3)22(18)25-23(19)27/h5-10,14H,4,11-13H2,1-3H3,(H,24,26)(H,25,27). The molecular formula is C23H26N2O3. The number of fused-ring (bicyclic) bond motifs is 1. The Balaban J connectivity index is 1.58. The highest BCUT2D eigenvalue weighted by molar-refractivity contribution is 5.83. The van der Waals surface area contributed by atoms with Gasteiger partial charge in [-0.05, 0) is 67.5 Å². The van der Waals surface area contributed by atoms with Crippen LogP contribution in [0.2, 0.25) is 0 Å². The number of aryl methyl sites for hydroxylation is 2. The topological polar surface area (TPSA) is 71.2 Å². The summed E-state index contributed by atoms with van der Waals surface area (Å²) in [7, 11) is 0. The number of ether oxygens (including phenoxy) is 1. The first-order chi connectivity index (χ1) is 13.5. The van der Waals surface area contributed by atoms with Crippen molar-refractivity contribution in [1.82, 2.24) is 10.3 Å². The zero-order valence-electron chi connectivity index (χ0n) is 16.6. The summed E-state index contributed by atoms with van der Waals surface area (Å²) in [6.45, 7) is 7.02. The van der Waals surface area contributed by atoms with Gasteiger partial charge in [0.1, 0.15) is 5.75 Å². The van der Waals surface area contributed by atoms with Gasteiger partial charge >= 0.3 is 0 Å². The van der Waals surface area contributed by atoms with Crippen molar-refractivity contribution in [2.45, 2.75) is 33.6 Å². The molecule has 5 nitrogen and oxygen atoms in total. The Hall–Kier alpha value is -3.08. The number of pyridine rings is 1. The Morgan fingerprint density at radius 2 is 1.86 bits per heavy atom. The third-order valence-corrected chi connectivity index (χ3v) is 4.94.